The van der Waals surface area contributed by atoms with Gasteiger partial charge in [-0.05, 0) is 31.9 Å². The van der Waals surface area contributed by atoms with E-state index in [2.05, 4.69) is 21.2 Å². The number of carbonyl (C=O) groups is 2. The zero-order valence-electron chi connectivity index (χ0n) is 12.2. The van der Waals surface area contributed by atoms with Crippen LogP contribution in [-0.2, 0) is 4.79 Å². The van der Waals surface area contributed by atoms with Crippen LogP contribution in [0.3, 0.4) is 0 Å². The van der Waals surface area contributed by atoms with E-state index in [1.807, 2.05) is 0 Å². The SMILES string of the molecule is C[C@@H](NC(=O)N1CCC(C(=O)O)CC1)c1ccc(Br)cc1F. The van der Waals surface area contributed by atoms with Crippen LogP contribution in [0.1, 0.15) is 31.4 Å². The van der Waals surface area contributed by atoms with E-state index >= 15 is 0 Å². The van der Waals surface area contributed by atoms with Crippen molar-refractivity contribution in [1.29, 1.82) is 0 Å². The number of amides is 2. The Hall–Kier alpha value is -1.63. The van der Waals surface area contributed by atoms with Crippen molar-refractivity contribution in [2.24, 2.45) is 5.92 Å². The quantitative estimate of drug-likeness (QED) is 0.855. The zero-order valence-corrected chi connectivity index (χ0v) is 13.8. The number of nitrogens with zero attached hydrogens (tertiary/aromatic N) is 1. The van der Waals surface area contributed by atoms with Gasteiger partial charge in [-0.2, -0.15) is 0 Å². The molecule has 0 aliphatic carbocycles. The van der Waals surface area contributed by atoms with Gasteiger partial charge in [0, 0.05) is 23.1 Å². The summed E-state index contributed by atoms with van der Waals surface area (Å²) in [6.45, 7) is 2.52. The highest BCUT2D eigenvalue weighted by Gasteiger charge is 2.27. The van der Waals surface area contributed by atoms with Gasteiger partial charge in [0.1, 0.15) is 5.82 Å². The first-order chi connectivity index (χ1) is 10.4. The van der Waals surface area contributed by atoms with Crippen LogP contribution in [0.4, 0.5) is 9.18 Å². The van der Waals surface area contributed by atoms with Gasteiger partial charge in [-0.15, -0.1) is 0 Å². The molecular weight excluding hydrogens is 355 g/mol. The standard InChI is InChI=1S/C15H18BrFN2O3/c1-9(12-3-2-11(16)8-13(12)17)18-15(22)19-6-4-10(5-7-19)14(20)21/h2-3,8-10H,4-7H2,1H3,(H,18,22)(H,20,21)/t9-/m1/s1. The minimum Gasteiger partial charge on any atom is -0.481 e. The number of rotatable bonds is 3. The van der Waals surface area contributed by atoms with Crippen LogP contribution in [0.2, 0.25) is 0 Å². The van der Waals surface area contributed by atoms with Crippen LogP contribution in [0.25, 0.3) is 0 Å². The third-order valence-electron chi connectivity index (χ3n) is 3.90. The predicted octanol–water partition coefficient (Wildman–Crippen LogP) is 3.16. The molecule has 0 saturated carbocycles. The Morgan fingerprint density at radius 1 is 1.41 bits per heavy atom. The monoisotopic (exact) mass is 372 g/mol. The molecule has 0 radical (unpaired) electrons. The summed E-state index contributed by atoms with van der Waals surface area (Å²) in [4.78, 5) is 24.6. The zero-order chi connectivity index (χ0) is 16.3. The number of benzene rings is 1. The Labute approximate surface area is 136 Å². The molecule has 0 bridgehead atoms. The molecule has 2 N–H and O–H groups in total. The van der Waals surface area contributed by atoms with E-state index in [1.165, 1.54) is 6.07 Å². The molecule has 0 aromatic heterocycles. The molecule has 0 spiro atoms. The largest absolute Gasteiger partial charge is 0.481 e. The molecule has 2 amide bonds. The van der Waals surface area contributed by atoms with Crippen LogP contribution in [0.15, 0.2) is 22.7 Å². The van der Waals surface area contributed by atoms with Crippen molar-refractivity contribution in [3.8, 4) is 0 Å². The summed E-state index contributed by atoms with van der Waals surface area (Å²) in [6.07, 6.45) is 0.896. The van der Waals surface area contributed by atoms with Crippen molar-refractivity contribution in [2.45, 2.75) is 25.8 Å². The van der Waals surface area contributed by atoms with Gasteiger partial charge in [0.15, 0.2) is 0 Å². The lowest BCUT2D eigenvalue weighted by atomic mass is 9.97. The molecule has 2 rings (SSSR count). The third-order valence-corrected chi connectivity index (χ3v) is 4.39. The van der Waals surface area contributed by atoms with Gasteiger partial charge in [-0.3, -0.25) is 4.79 Å². The number of carbonyl (C=O) groups excluding carboxylic acids is 1. The normalized spacial score (nSPS) is 17.1. The van der Waals surface area contributed by atoms with Crippen LogP contribution in [-0.4, -0.2) is 35.1 Å². The minimum atomic E-state index is -0.814. The molecule has 22 heavy (non-hydrogen) atoms. The molecule has 1 aromatic carbocycles. The fourth-order valence-electron chi connectivity index (χ4n) is 2.54. The Bertz CT molecular complexity index is 574. The second-order valence-corrected chi connectivity index (χ2v) is 6.35. The number of hydrogen-bond acceptors (Lipinski definition) is 2. The van der Waals surface area contributed by atoms with Crippen LogP contribution in [0.5, 0.6) is 0 Å². The third kappa shape index (κ3) is 3.97. The second-order valence-electron chi connectivity index (χ2n) is 5.44. The van der Waals surface area contributed by atoms with E-state index < -0.39 is 12.0 Å². The number of aliphatic carboxylic acids is 1. The minimum absolute atomic E-state index is 0.293. The molecule has 1 aromatic rings. The van der Waals surface area contributed by atoms with Crippen LogP contribution < -0.4 is 5.32 Å². The van der Waals surface area contributed by atoms with E-state index in [4.69, 9.17) is 5.11 Å². The summed E-state index contributed by atoms with van der Waals surface area (Å²) >= 11 is 3.19. The average Bonchev–Trinajstić information content (AvgIpc) is 2.47. The van der Waals surface area contributed by atoms with E-state index in [-0.39, 0.29) is 17.8 Å². The predicted molar refractivity (Wildman–Crippen MR) is 83.0 cm³/mol. The first-order valence-corrected chi connectivity index (χ1v) is 7.91. The molecule has 1 saturated heterocycles. The average molecular weight is 373 g/mol. The van der Waals surface area contributed by atoms with Gasteiger partial charge in [-0.1, -0.05) is 22.0 Å². The number of carboxylic acids is 1. The van der Waals surface area contributed by atoms with E-state index in [0.717, 1.165) is 0 Å². The molecule has 1 aliphatic heterocycles. The highest BCUT2D eigenvalue weighted by atomic mass is 79.9. The van der Waals surface area contributed by atoms with E-state index in [9.17, 15) is 14.0 Å². The lowest BCUT2D eigenvalue weighted by Crippen LogP contribution is -2.46. The van der Waals surface area contributed by atoms with Crippen molar-refractivity contribution in [2.75, 3.05) is 13.1 Å². The fourth-order valence-corrected chi connectivity index (χ4v) is 2.87. The van der Waals surface area contributed by atoms with Gasteiger partial charge in [0.05, 0.1) is 12.0 Å². The first-order valence-electron chi connectivity index (χ1n) is 7.11. The smallest absolute Gasteiger partial charge is 0.317 e. The topological polar surface area (TPSA) is 69.6 Å². The highest BCUT2D eigenvalue weighted by molar-refractivity contribution is 9.10. The molecule has 7 heteroatoms. The number of halogens is 2. The number of piperidine rings is 1. The van der Waals surface area contributed by atoms with Crippen molar-refractivity contribution in [3.63, 3.8) is 0 Å². The molecule has 1 atom stereocenters. The number of carboxylic acid groups (broad SMARTS) is 1. The number of urea groups is 1. The van der Waals surface area contributed by atoms with Gasteiger partial charge in [-0.25, -0.2) is 9.18 Å². The maximum Gasteiger partial charge on any atom is 0.317 e. The number of hydrogen-bond donors (Lipinski definition) is 2. The van der Waals surface area contributed by atoms with Crippen LogP contribution >= 0.6 is 15.9 Å². The Balaban J connectivity index is 1.93. The highest BCUT2D eigenvalue weighted by Crippen LogP contribution is 2.22. The van der Waals surface area contributed by atoms with Gasteiger partial charge in [0.2, 0.25) is 0 Å². The summed E-state index contributed by atoms with van der Waals surface area (Å²) in [5.41, 5.74) is 0.414. The summed E-state index contributed by atoms with van der Waals surface area (Å²) < 4.78 is 14.5. The number of likely N-dealkylation sites (tertiary alicyclic amines) is 1. The molecule has 5 nitrogen and oxygen atoms in total. The summed E-state index contributed by atoms with van der Waals surface area (Å²) in [6, 6.07) is 3.95. The lowest BCUT2D eigenvalue weighted by Gasteiger charge is -2.31. The second kappa shape index (κ2) is 7.09. The van der Waals surface area contributed by atoms with Crippen LogP contribution in [0, 0.1) is 11.7 Å². The van der Waals surface area contributed by atoms with E-state index in [1.54, 1.807) is 24.0 Å². The molecule has 1 heterocycles. The van der Waals surface area contributed by atoms with Gasteiger partial charge < -0.3 is 15.3 Å². The maximum absolute atomic E-state index is 13.9. The Kier molecular flexibility index (Phi) is 5.39. The summed E-state index contributed by atoms with van der Waals surface area (Å²) in [5, 5.41) is 11.7. The maximum atomic E-state index is 13.9. The van der Waals surface area contributed by atoms with E-state index in [0.29, 0.717) is 36.0 Å². The molecular formula is C15H18BrFN2O3. The summed E-state index contributed by atoms with van der Waals surface area (Å²) in [7, 11) is 0. The van der Waals surface area contributed by atoms with Crippen molar-refractivity contribution < 1.29 is 19.1 Å². The van der Waals surface area contributed by atoms with Crippen molar-refractivity contribution in [3.05, 3.63) is 34.1 Å². The Morgan fingerprint density at radius 3 is 2.59 bits per heavy atom. The first kappa shape index (κ1) is 16.7. The molecule has 1 fully saturated rings. The molecule has 1 aliphatic rings. The fraction of sp³-hybridized carbons (Fsp3) is 0.467. The Morgan fingerprint density at radius 2 is 2.05 bits per heavy atom. The summed E-state index contributed by atoms with van der Waals surface area (Å²) in [5.74, 6) is -1.58. The lowest BCUT2D eigenvalue weighted by molar-refractivity contribution is -0.143. The molecule has 0 unspecified atom stereocenters. The van der Waals surface area contributed by atoms with Gasteiger partial charge >= 0.3 is 12.0 Å². The van der Waals surface area contributed by atoms with Crippen molar-refractivity contribution in [1.82, 2.24) is 10.2 Å². The molecule has 120 valence electrons. The number of nitrogens with one attached hydrogen (secondary N) is 1. The van der Waals surface area contributed by atoms with Crippen molar-refractivity contribution >= 4 is 27.9 Å². The van der Waals surface area contributed by atoms with Gasteiger partial charge in [0.25, 0.3) is 0 Å².